The zero-order valence-corrected chi connectivity index (χ0v) is 6.95. The van der Waals surface area contributed by atoms with Gasteiger partial charge in [-0.15, -0.1) is 0 Å². The van der Waals surface area contributed by atoms with Crippen LogP contribution < -0.4 is 11.1 Å². The molecule has 5 heteroatoms. The molecular weight excluding hydrogens is 156 g/mol. The molecule has 12 heavy (non-hydrogen) atoms. The minimum atomic E-state index is -0.0951. The number of carbonyl (C=O) groups excluding carboxylic acids is 1. The maximum atomic E-state index is 10.6. The molecule has 1 heterocycles. The summed E-state index contributed by atoms with van der Waals surface area (Å²) in [7, 11) is 0. The van der Waals surface area contributed by atoms with Crippen LogP contribution in [0.4, 0.5) is 5.69 Å². The maximum Gasteiger partial charge on any atom is 0.221 e. The van der Waals surface area contributed by atoms with E-state index in [0.29, 0.717) is 18.8 Å². The lowest BCUT2D eigenvalue weighted by Crippen LogP contribution is -2.10. The highest BCUT2D eigenvalue weighted by molar-refractivity contribution is 5.88. The van der Waals surface area contributed by atoms with Gasteiger partial charge in [0.25, 0.3) is 0 Å². The largest absolute Gasteiger partial charge is 0.329 e. The van der Waals surface area contributed by atoms with Gasteiger partial charge in [-0.05, 0) is 0 Å². The highest BCUT2D eigenvalue weighted by atomic mass is 16.1. The molecule has 0 saturated heterocycles. The van der Waals surface area contributed by atoms with Crippen LogP contribution >= 0.6 is 0 Å². The third-order valence-electron chi connectivity index (χ3n) is 1.31. The topological polar surface area (TPSA) is 72.9 Å². The van der Waals surface area contributed by atoms with Crippen LogP contribution in [0.5, 0.6) is 0 Å². The summed E-state index contributed by atoms with van der Waals surface area (Å²) in [5.74, 6) is -0.0951. The molecule has 0 unspecified atom stereocenters. The van der Waals surface area contributed by atoms with Crippen molar-refractivity contribution in [2.75, 3.05) is 11.9 Å². The molecule has 5 nitrogen and oxygen atoms in total. The molecule has 0 fully saturated rings. The van der Waals surface area contributed by atoms with Crippen LogP contribution in [0.25, 0.3) is 0 Å². The molecule has 0 aliphatic rings. The fourth-order valence-corrected chi connectivity index (χ4v) is 0.886. The predicted octanol–water partition coefficient (Wildman–Crippen LogP) is -0.200. The van der Waals surface area contributed by atoms with E-state index in [-0.39, 0.29) is 5.91 Å². The number of aromatic nitrogens is 2. The quantitative estimate of drug-likeness (QED) is 0.656. The SMILES string of the molecule is CC(=O)Nc1cnn(CCN)c1. The van der Waals surface area contributed by atoms with Gasteiger partial charge in [-0.1, -0.05) is 0 Å². The van der Waals surface area contributed by atoms with Crippen LogP contribution in [0.3, 0.4) is 0 Å². The summed E-state index contributed by atoms with van der Waals surface area (Å²) in [6.07, 6.45) is 3.34. The molecule has 0 aliphatic carbocycles. The van der Waals surface area contributed by atoms with Crippen LogP contribution in [0.2, 0.25) is 0 Å². The normalized spacial score (nSPS) is 9.83. The summed E-state index contributed by atoms with van der Waals surface area (Å²) < 4.78 is 1.69. The molecule has 0 atom stereocenters. The Bertz CT molecular complexity index is 268. The Morgan fingerprint density at radius 3 is 3.17 bits per heavy atom. The second kappa shape index (κ2) is 3.87. The molecule has 1 aromatic rings. The summed E-state index contributed by atoms with van der Waals surface area (Å²) >= 11 is 0. The van der Waals surface area contributed by atoms with E-state index >= 15 is 0 Å². The highest BCUT2D eigenvalue weighted by Crippen LogP contribution is 2.03. The Balaban J connectivity index is 2.58. The number of hydrogen-bond acceptors (Lipinski definition) is 3. The number of anilines is 1. The molecule has 0 aliphatic heterocycles. The molecule has 0 spiro atoms. The monoisotopic (exact) mass is 168 g/mol. The van der Waals surface area contributed by atoms with Gasteiger partial charge in [0.15, 0.2) is 0 Å². The first-order valence-corrected chi connectivity index (χ1v) is 3.72. The summed E-state index contributed by atoms with van der Waals surface area (Å²) in [6.45, 7) is 2.67. The molecule has 1 amide bonds. The number of hydrogen-bond donors (Lipinski definition) is 2. The number of rotatable bonds is 3. The van der Waals surface area contributed by atoms with Gasteiger partial charge in [-0.2, -0.15) is 5.10 Å². The van der Waals surface area contributed by atoms with Crippen LogP contribution in [0.1, 0.15) is 6.92 Å². The first-order chi connectivity index (χ1) is 5.72. The maximum absolute atomic E-state index is 10.6. The van der Waals surface area contributed by atoms with Crippen LogP contribution in [-0.2, 0) is 11.3 Å². The van der Waals surface area contributed by atoms with E-state index < -0.39 is 0 Å². The fourth-order valence-electron chi connectivity index (χ4n) is 0.886. The van der Waals surface area contributed by atoms with E-state index in [1.165, 1.54) is 6.92 Å². The van der Waals surface area contributed by atoms with Gasteiger partial charge >= 0.3 is 0 Å². The van der Waals surface area contributed by atoms with Gasteiger partial charge in [0, 0.05) is 19.7 Å². The van der Waals surface area contributed by atoms with Crippen molar-refractivity contribution in [3.8, 4) is 0 Å². The van der Waals surface area contributed by atoms with E-state index in [1.807, 2.05) is 0 Å². The number of amides is 1. The lowest BCUT2D eigenvalue weighted by Gasteiger charge is -1.96. The van der Waals surface area contributed by atoms with Gasteiger partial charge in [-0.3, -0.25) is 9.48 Å². The number of nitrogens with two attached hydrogens (primary N) is 1. The average Bonchev–Trinajstić information content (AvgIpc) is 2.36. The molecule has 0 saturated carbocycles. The Morgan fingerprint density at radius 1 is 1.83 bits per heavy atom. The van der Waals surface area contributed by atoms with Crippen LogP contribution in [0, 0.1) is 0 Å². The predicted molar refractivity (Wildman–Crippen MR) is 45.6 cm³/mol. The van der Waals surface area contributed by atoms with Gasteiger partial charge in [-0.25, -0.2) is 0 Å². The number of nitrogens with zero attached hydrogens (tertiary/aromatic N) is 2. The summed E-state index contributed by atoms with van der Waals surface area (Å²) in [5, 5.41) is 6.60. The molecule has 3 N–H and O–H groups in total. The Labute approximate surface area is 70.5 Å². The second-order valence-electron chi connectivity index (χ2n) is 2.46. The zero-order valence-electron chi connectivity index (χ0n) is 6.95. The lowest BCUT2D eigenvalue weighted by molar-refractivity contribution is -0.114. The minimum Gasteiger partial charge on any atom is -0.329 e. The van der Waals surface area contributed by atoms with E-state index in [9.17, 15) is 4.79 Å². The smallest absolute Gasteiger partial charge is 0.221 e. The van der Waals surface area contributed by atoms with Gasteiger partial charge in [0.05, 0.1) is 18.4 Å². The minimum absolute atomic E-state index is 0.0951. The molecule has 0 radical (unpaired) electrons. The van der Waals surface area contributed by atoms with Crippen molar-refractivity contribution >= 4 is 11.6 Å². The second-order valence-corrected chi connectivity index (χ2v) is 2.46. The zero-order chi connectivity index (χ0) is 8.97. The first kappa shape index (κ1) is 8.73. The van der Waals surface area contributed by atoms with E-state index in [2.05, 4.69) is 10.4 Å². The van der Waals surface area contributed by atoms with Crippen molar-refractivity contribution in [3.63, 3.8) is 0 Å². The van der Waals surface area contributed by atoms with Crippen LogP contribution in [0.15, 0.2) is 12.4 Å². The van der Waals surface area contributed by atoms with Crippen molar-refractivity contribution in [1.82, 2.24) is 9.78 Å². The Hall–Kier alpha value is -1.36. The molecule has 0 aromatic carbocycles. The van der Waals surface area contributed by atoms with Crippen molar-refractivity contribution in [1.29, 1.82) is 0 Å². The average molecular weight is 168 g/mol. The van der Waals surface area contributed by atoms with Crippen molar-refractivity contribution in [2.24, 2.45) is 5.73 Å². The highest BCUT2D eigenvalue weighted by Gasteiger charge is 1.98. The molecular formula is C7H12N4O. The number of nitrogens with one attached hydrogen (secondary N) is 1. The first-order valence-electron chi connectivity index (χ1n) is 3.72. The van der Waals surface area contributed by atoms with Crippen molar-refractivity contribution in [2.45, 2.75) is 13.5 Å². The van der Waals surface area contributed by atoms with Crippen molar-refractivity contribution in [3.05, 3.63) is 12.4 Å². The fraction of sp³-hybridized carbons (Fsp3) is 0.429. The molecule has 1 rings (SSSR count). The van der Waals surface area contributed by atoms with E-state index in [1.54, 1.807) is 17.1 Å². The summed E-state index contributed by atoms with van der Waals surface area (Å²) in [4.78, 5) is 10.6. The Morgan fingerprint density at radius 2 is 2.58 bits per heavy atom. The molecule has 1 aromatic heterocycles. The Kier molecular flexibility index (Phi) is 2.82. The number of carbonyl (C=O) groups is 1. The standard InChI is InChI=1S/C7H12N4O/c1-6(12)10-7-4-9-11(5-7)3-2-8/h4-5H,2-3,8H2,1H3,(H,10,12). The van der Waals surface area contributed by atoms with E-state index in [4.69, 9.17) is 5.73 Å². The van der Waals surface area contributed by atoms with Gasteiger partial charge in [0.2, 0.25) is 5.91 Å². The lowest BCUT2D eigenvalue weighted by atomic mass is 10.5. The van der Waals surface area contributed by atoms with Crippen molar-refractivity contribution < 1.29 is 4.79 Å². The third-order valence-corrected chi connectivity index (χ3v) is 1.31. The third kappa shape index (κ3) is 2.35. The van der Waals surface area contributed by atoms with Crippen LogP contribution in [-0.4, -0.2) is 22.2 Å². The summed E-state index contributed by atoms with van der Waals surface area (Å²) in [5.41, 5.74) is 6.03. The van der Waals surface area contributed by atoms with Gasteiger partial charge in [0.1, 0.15) is 0 Å². The van der Waals surface area contributed by atoms with Gasteiger partial charge < -0.3 is 11.1 Å². The van der Waals surface area contributed by atoms with E-state index in [0.717, 1.165) is 0 Å². The summed E-state index contributed by atoms with van der Waals surface area (Å²) in [6, 6.07) is 0. The molecule has 66 valence electrons. The molecule has 0 bridgehead atoms.